The molecule has 0 radical (unpaired) electrons. The summed E-state index contributed by atoms with van der Waals surface area (Å²) < 4.78 is 1.79. The van der Waals surface area contributed by atoms with Gasteiger partial charge in [-0.15, -0.1) is 10.2 Å². The van der Waals surface area contributed by atoms with Crippen molar-refractivity contribution in [2.24, 2.45) is 7.05 Å². The average Bonchev–Trinajstić information content (AvgIpc) is 2.92. The minimum absolute atomic E-state index is 0.141. The molecule has 3 aromatic rings. The fraction of sp³-hybridized carbons (Fsp3) is 0.250. The first-order valence-electron chi connectivity index (χ1n) is 7.07. The van der Waals surface area contributed by atoms with Crippen LogP contribution in [0.4, 0.5) is 0 Å². The van der Waals surface area contributed by atoms with Crippen LogP contribution in [-0.4, -0.2) is 25.7 Å². The van der Waals surface area contributed by atoms with Gasteiger partial charge in [-0.05, 0) is 26.0 Å². The molecule has 112 valence electrons. The highest BCUT2D eigenvalue weighted by Gasteiger charge is 2.17. The predicted molar refractivity (Wildman–Crippen MR) is 83.4 cm³/mol. The number of fused-ring (bicyclic) bond motifs is 1. The van der Waals surface area contributed by atoms with Crippen LogP contribution in [0.25, 0.3) is 10.9 Å². The van der Waals surface area contributed by atoms with Crippen molar-refractivity contribution in [2.75, 3.05) is 0 Å². The third-order valence-corrected chi connectivity index (χ3v) is 3.57. The molecule has 0 spiro atoms. The summed E-state index contributed by atoms with van der Waals surface area (Å²) in [4.78, 5) is 17.1. The molecule has 0 aliphatic rings. The lowest BCUT2D eigenvalue weighted by Crippen LogP contribution is -2.28. The first kappa shape index (κ1) is 14.2. The van der Waals surface area contributed by atoms with E-state index in [1.807, 2.05) is 45.2 Å². The van der Waals surface area contributed by atoms with Gasteiger partial charge >= 0.3 is 0 Å². The lowest BCUT2D eigenvalue weighted by molar-refractivity contribution is 0.0939. The normalized spacial score (nSPS) is 12.3. The van der Waals surface area contributed by atoms with Gasteiger partial charge in [0.2, 0.25) is 0 Å². The molecule has 2 heterocycles. The van der Waals surface area contributed by atoms with Crippen molar-refractivity contribution in [3.8, 4) is 0 Å². The summed E-state index contributed by atoms with van der Waals surface area (Å²) >= 11 is 0. The van der Waals surface area contributed by atoms with Gasteiger partial charge in [0.1, 0.15) is 6.33 Å². The Kier molecular flexibility index (Phi) is 3.58. The summed E-state index contributed by atoms with van der Waals surface area (Å²) in [5.41, 5.74) is 2.26. The molecule has 0 aliphatic heterocycles. The molecule has 0 aliphatic carbocycles. The summed E-state index contributed by atoms with van der Waals surface area (Å²) in [7, 11) is 1.85. The van der Waals surface area contributed by atoms with Gasteiger partial charge in [-0.1, -0.05) is 18.2 Å². The third-order valence-electron chi connectivity index (χ3n) is 3.57. The maximum Gasteiger partial charge on any atom is 0.252 e. The highest BCUT2D eigenvalue weighted by molar-refractivity contribution is 6.06. The van der Waals surface area contributed by atoms with E-state index in [1.165, 1.54) is 0 Å². The lowest BCUT2D eigenvalue weighted by Gasteiger charge is -2.14. The zero-order valence-corrected chi connectivity index (χ0v) is 12.7. The number of pyridine rings is 1. The summed E-state index contributed by atoms with van der Waals surface area (Å²) in [6, 6.07) is 9.21. The Morgan fingerprint density at radius 3 is 2.82 bits per heavy atom. The highest BCUT2D eigenvalue weighted by atomic mass is 16.1. The maximum absolute atomic E-state index is 12.6. The highest BCUT2D eigenvalue weighted by Crippen LogP contribution is 2.19. The fourth-order valence-electron chi connectivity index (χ4n) is 2.52. The molecular weight excluding hydrogens is 278 g/mol. The van der Waals surface area contributed by atoms with Crippen LogP contribution in [-0.2, 0) is 7.05 Å². The Morgan fingerprint density at radius 2 is 2.09 bits per heavy atom. The van der Waals surface area contributed by atoms with Crippen LogP contribution in [0.1, 0.15) is 34.8 Å². The minimum Gasteiger partial charge on any atom is -0.342 e. The van der Waals surface area contributed by atoms with Crippen molar-refractivity contribution in [3.05, 3.63) is 53.7 Å². The van der Waals surface area contributed by atoms with Gasteiger partial charge in [0.15, 0.2) is 5.82 Å². The largest absolute Gasteiger partial charge is 0.342 e. The van der Waals surface area contributed by atoms with Gasteiger partial charge in [0, 0.05) is 18.1 Å². The zero-order chi connectivity index (χ0) is 15.7. The monoisotopic (exact) mass is 295 g/mol. The van der Waals surface area contributed by atoms with Gasteiger partial charge < -0.3 is 9.88 Å². The van der Waals surface area contributed by atoms with Crippen molar-refractivity contribution in [1.82, 2.24) is 25.1 Å². The van der Waals surface area contributed by atoms with Gasteiger partial charge in [-0.25, -0.2) is 0 Å². The molecule has 1 unspecified atom stereocenters. The van der Waals surface area contributed by atoms with Crippen LogP contribution >= 0.6 is 0 Å². The summed E-state index contributed by atoms with van der Waals surface area (Å²) in [5, 5.41) is 11.7. The van der Waals surface area contributed by atoms with Gasteiger partial charge in [-0.3, -0.25) is 9.78 Å². The van der Waals surface area contributed by atoms with Crippen LogP contribution in [0.2, 0.25) is 0 Å². The molecule has 0 saturated heterocycles. The zero-order valence-electron chi connectivity index (χ0n) is 12.7. The number of rotatable bonds is 3. The second kappa shape index (κ2) is 5.55. The quantitative estimate of drug-likeness (QED) is 0.803. The summed E-state index contributed by atoms with van der Waals surface area (Å²) in [6.45, 7) is 3.77. The third kappa shape index (κ3) is 2.55. The smallest absolute Gasteiger partial charge is 0.252 e. The number of nitrogens with zero attached hydrogens (tertiary/aromatic N) is 4. The Hall–Kier alpha value is -2.76. The predicted octanol–water partition coefficient (Wildman–Crippen LogP) is 2.16. The number of carbonyl (C=O) groups is 1. The van der Waals surface area contributed by atoms with Crippen molar-refractivity contribution in [3.63, 3.8) is 0 Å². The van der Waals surface area contributed by atoms with Crippen LogP contribution in [0, 0.1) is 6.92 Å². The molecule has 1 aromatic carbocycles. The Bertz CT molecular complexity index is 839. The lowest BCUT2D eigenvalue weighted by atomic mass is 10.1. The Labute approximate surface area is 128 Å². The molecule has 2 aromatic heterocycles. The summed E-state index contributed by atoms with van der Waals surface area (Å²) in [5.74, 6) is 0.570. The Balaban J connectivity index is 1.94. The second-order valence-electron chi connectivity index (χ2n) is 5.32. The Morgan fingerprint density at radius 1 is 1.32 bits per heavy atom. The molecule has 0 fully saturated rings. The van der Waals surface area contributed by atoms with E-state index in [4.69, 9.17) is 0 Å². The molecule has 1 N–H and O–H groups in total. The van der Waals surface area contributed by atoms with Crippen LogP contribution in [0.3, 0.4) is 0 Å². The average molecular weight is 295 g/mol. The standard InChI is InChI=1S/C16H17N5O/c1-10-8-13(12-6-4-5-7-14(12)18-10)16(22)19-11(2)15-20-17-9-21(15)3/h4-9,11H,1-3H3,(H,19,22). The molecular formula is C16H17N5O. The minimum atomic E-state index is -0.229. The van der Waals surface area contributed by atoms with E-state index in [0.717, 1.165) is 16.6 Å². The van der Waals surface area contributed by atoms with E-state index < -0.39 is 0 Å². The molecule has 3 rings (SSSR count). The number of para-hydroxylation sites is 1. The first-order chi connectivity index (χ1) is 10.6. The number of amides is 1. The van der Waals surface area contributed by atoms with Gasteiger partial charge in [-0.2, -0.15) is 0 Å². The number of nitrogens with one attached hydrogen (secondary N) is 1. The van der Waals surface area contributed by atoms with E-state index in [-0.39, 0.29) is 11.9 Å². The number of aromatic nitrogens is 4. The second-order valence-corrected chi connectivity index (χ2v) is 5.32. The van der Waals surface area contributed by atoms with Gasteiger partial charge in [0.25, 0.3) is 5.91 Å². The van der Waals surface area contributed by atoms with E-state index >= 15 is 0 Å². The van der Waals surface area contributed by atoms with Crippen molar-refractivity contribution >= 4 is 16.8 Å². The number of carbonyl (C=O) groups excluding carboxylic acids is 1. The van der Waals surface area contributed by atoms with Crippen molar-refractivity contribution < 1.29 is 4.79 Å². The van der Waals surface area contributed by atoms with Crippen LogP contribution < -0.4 is 5.32 Å². The molecule has 1 atom stereocenters. The van der Waals surface area contributed by atoms with E-state index in [0.29, 0.717) is 11.4 Å². The van der Waals surface area contributed by atoms with Crippen LogP contribution in [0.15, 0.2) is 36.7 Å². The summed E-state index contributed by atoms with van der Waals surface area (Å²) in [6.07, 6.45) is 1.62. The van der Waals surface area contributed by atoms with E-state index in [1.54, 1.807) is 17.0 Å². The topological polar surface area (TPSA) is 72.7 Å². The number of benzene rings is 1. The number of hydrogen-bond acceptors (Lipinski definition) is 4. The maximum atomic E-state index is 12.6. The molecule has 6 heteroatoms. The number of aryl methyl sites for hydroxylation is 2. The van der Waals surface area contributed by atoms with Crippen molar-refractivity contribution in [1.29, 1.82) is 0 Å². The molecule has 0 saturated carbocycles. The SMILES string of the molecule is Cc1cc(C(=O)NC(C)c2nncn2C)c2ccccc2n1. The fourth-order valence-corrected chi connectivity index (χ4v) is 2.52. The molecule has 6 nitrogen and oxygen atoms in total. The van der Waals surface area contributed by atoms with Gasteiger partial charge in [0.05, 0.1) is 17.1 Å². The first-order valence-corrected chi connectivity index (χ1v) is 7.07. The van der Waals surface area contributed by atoms with Crippen molar-refractivity contribution in [2.45, 2.75) is 19.9 Å². The van der Waals surface area contributed by atoms with Crippen LogP contribution in [0.5, 0.6) is 0 Å². The molecule has 1 amide bonds. The van der Waals surface area contributed by atoms with E-state index in [2.05, 4.69) is 20.5 Å². The van der Waals surface area contributed by atoms with E-state index in [9.17, 15) is 4.79 Å². The number of hydrogen-bond donors (Lipinski definition) is 1. The molecule has 0 bridgehead atoms. The molecule has 22 heavy (non-hydrogen) atoms.